The molecule has 1 aromatic rings. The smallest absolute Gasteiger partial charge is 0.185 e. The lowest BCUT2D eigenvalue weighted by atomic mass is 9.82. The highest BCUT2D eigenvalue weighted by Gasteiger charge is 2.34. The maximum absolute atomic E-state index is 9.05. The minimum atomic E-state index is -0.214. The molecule has 17 heavy (non-hydrogen) atoms. The fourth-order valence-corrected chi connectivity index (χ4v) is 2.26. The van der Waals surface area contributed by atoms with E-state index in [0.717, 1.165) is 25.0 Å². The van der Waals surface area contributed by atoms with Gasteiger partial charge in [0, 0.05) is 12.5 Å². The van der Waals surface area contributed by atoms with Gasteiger partial charge < -0.3 is 4.74 Å². The molecule has 1 aromatic carbocycles. The predicted octanol–water partition coefficient (Wildman–Crippen LogP) is 2.57. The zero-order chi connectivity index (χ0) is 12.1. The van der Waals surface area contributed by atoms with E-state index in [-0.39, 0.29) is 17.9 Å². The maximum Gasteiger partial charge on any atom is 0.185 e. The summed E-state index contributed by atoms with van der Waals surface area (Å²) in [5.74, 6) is 0.0248. The van der Waals surface area contributed by atoms with Crippen molar-refractivity contribution in [2.75, 3.05) is 6.61 Å². The van der Waals surface area contributed by atoms with Crippen LogP contribution < -0.4 is 0 Å². The summed E-state index contributed by atoms with van der Waals surface area (Å²) in [5.41, 5.74) is 0.984. The summed E-state index contributed by atoms with van der Waals surface area (Å²) in [6.45, 7) is 0.720. The van der Waals surface area contributed by atoms with Crippen LogP contribution in [-0.2, 0) is 4.74 Å². The van der Waals surface area contributed by atoms with Gasteiger partial charge in [0.25, 0.3) is 0 Å². The first-order chi connectivity index (χ1) is 8.36. The number of benzene rings is 1. The number of hydrogen-bond acceptors (Lipinski definition) is 3. The minimum absolute atomic E-state index is 0.0355. The van der Waals surface area contributed by atoms with E-state index >= 15 is 0 Å². The normalized spacial score (nSPS) is 20.8. The number of hydrogen-bond donors (Lipinski definition) is 0. The van der Waals surface area contributed by atoms with Gasteiger partial charge in [0.1, 0.15) is 0 Å². The maximum atomic E-state index is 9.05. The topological polar surface area (TPSA) is 56.8 Å². The lowest BCUT2D eigenvalue weighted by molar-refractivity contribution is 0.0951. The van der Waals surface area contributed by atoms with Crippen LogP contribution in [0.1, 0.15) is 24.3 Å². The summed E-state index contributed by atoms with van der Waals surface area (Å²) in [4.78, 5) is 0. The fourth-order valence-electron chi connectivity index (χ4n) is 2.26. The SMILES string of the molecule is N#C[C](C#N)[C@@H](c1ccccc1)[C@H]1CCCO1. The third kappa shape index (κ3) is 2.46. The monoisotopic (exact) mass is 225 g/mol. The van der Waals surface area contributed by atoms with Crippen LogP contribution in [0, 0.1) is 28.6 Å². The molecule has 0 spiro atoms. The van der Waals surface area contributed by atoms with Gasteiger partial charge in [-0.1, -0.05) is 30.3 Å². The Morgan fingerprint density at radius 2 is 1.94 bits per heavy atom. The molecule has 0 amide bonds. The van der Waals surface area contributed by atoms with Gasteiger partial charge in [-0.25, -0.2) is 0 Å². The molecule has 0 saturated carbocycles. The highest BCUT2D eigenvalue weighted by atomic mass is 16.5. The molecule has 1 saturated heterocycles. The van der Waals surface area contributed by atoms with Crippen molar-refractivity contribution in [2.45, 2.75) is 24.9 Å². The van der Waals surface area contributed by atoms with Crippen molar-refractivity contribution in [3.05, 3.63) is 41.8 Å². The lowest BCUT2D eigenvalue weighted by Crippen LogP contribution is -2.22. The van der Waals surface area contributed by atoms with Crippen LogP contribution in [0.2, 0.25) is 0 Å². The van der Waals surface area contributed by atoms with Crippen molar-refractivity contribution >= 4 is 0 Å². The molecule has 0 bridgehead atoms. The van der Waals surface area contributed by atoms with E-state index in [2.05, 4.69) is 0 Å². The van der Waals surface area contributed by atoms with Gasteiger partial charge in [-0.2, -0.15) is 10.5 Å². The molecule has 1 radical (unpaired) electrons. The average molecular weight is 225 g/mol. The quantitative estimate of drug-likeness (QED) is 0.794. The Kier molecular flexibility index (Phi) is 3.75. The average Bonchev–Trinajstić information content (AvgIpc) is 2.90. The Morgan fingerprint density at radius 3 is 2.47 bits per heavy atom. The molecule has 0 N–H and O–H groups in total. The number of nitrogens with zero attached hydrogens (tertiary/aromatic N) is 2. The van der Waals surface area contributed by atoms with E-state index in [0.29, 0.717) is 0 Å². The van der Waals surface area contributed by atoms with E-state index in [4.69, 9.17) is 15.3 Å². The van der Waals surface area contributed by atoms with Crippen molar-refractivity contribution in [1.29, 1.82) is 10.5 Å². The molecule has 3 nitrogen and oxygen atoms in total. The van der Waals surface area contributed by atoms with Crippen LogP contribution >= 0.6 is 0 Å². The molecule has 2 rings (SSSR count). The van der Waals surface area contributed by atoms with Crippen molar-refractivity contribution in [2.24, 2.45) is 0 Å². The summed E-state index contributed by atoms with van der Waals surface area (Å²) in [6.07, 6.45) is 1.87. The van der Waals surface area contributed by atoms with Crippen molar-refractivity contribution in [3.8, 4) is 12.1 Å². The van der Waals surface area contributed by atoms with Crippen LogP contribution in [0.5, 0.6) is 0 Å². The van der Waals surface area contributed by atoms with Gasteiger partial charge in [-0.15, -0.1) is 0 Å². The molecule has 85 valence electrons. The van der Waals surface area contributed by atoms with Gasteiger partial charge in [0.2, 0.25) is 0 Å². The van der Waals surface area contributed by atoms with E-state index in [1.165, 1.54) is 0 Å². The predicted molar refractivity (Wildman–Crippen MR) is 62.6 cm³/mol. The number of ether oxygens (including phenoxy) is 1. The van der Waals surface area contributed by atoms with Crippen molar-refractivity contribution in [3.63, 3.8) is 0 Å². The molecular weight excluding hydrogens is 212 g/mol. The van der Waals surface area contributed by atoms with Crippen LogP contribution in [0.4, 0.5) is 0 Å². The highest BCUT2D eigenvalue weighted by molar-refractivity contribution is 5.40. The van der Waals surface area contributed by atoms with Crippen LogP contribution in [0.15, 0.2) is 30.3 Å². The zero-order valence-corrected chi connectivity index (χ0v) is 9.47. The Morgan fingerprint density at radius 1 is 1.24 bits per heavy atom. The third-order valence-corrected chi connectivity index (χ3v) is 3.05. The molecule has 1 aliphatic rings. The molecule has 3 heteroatoms. The van der Waals surface area contributed by atoms with Gasteiger partial charge in [-0.05, 0) is 18.4 Å². The Labute approximate surface area is 101 Å². The second kappa shape index (κ2) is 5.48. The molecule has 0 aromatic heterocycles. The highest BCUT2D eigenvalue weighted by Crippen LogP contribution is 2.35. The van der Waals surface area contributed by atoms with Gasteiger partial charge in [0.05, 0.1) is 18.2 Å². The molecular formula is C14H13N2O. The first-order valence-corrected chi connectivity index (χ1v) is 5.70. The second-order valence-electron chi connectivity index (χ2n) is 4.08. The second-order valence-corrected chi connectivity index (χ2v) is 4.08. The lowest BCUT2D eigenvalue weighted by Gasteiger charge is -2.23. The third-order valence-electron chi connectivity index (χ3n) is 3.05. The van der Waals surface area contributed by atoms with Crippen molar-refractivity contribution < 1.29 is 4.74 Å². The van der Waals surface area contributed by atoms with E-state index < -0.39 is 0 Å². The summed E-state index contributed by atoms with van der Waals surface area (Å²) < 4.78 is 5.63. The Hall–Kier alpha value is -1.84. The molecule has 1 aliphatic heterocycles. The van der Waals surface area contributed by atoms with E-state index in [1.807, 2.05) is 42.5 Å². The molecule has 1 fully saturated rings. The number of nitriles is 2. The standard InChI is InChI=1S/C14H13N2O/c15-9-12(10-16)14(13-7-4-8-17-13)11-5-2-1-3-6-11/h1-3,5-6,13-14H,4,7-8H2/t13-,14-/m1/s1. The Bertz CT molecular complexity index is 424. The molecule has 1 heterocycles. The van der Waals surface area contributed by atoms with Crippen LogP contribution in [0.3, 0.4) is 0 Å². The van der Waals surface area contributed by atoms with Crippen molar-refractivity contribution in [1.82, 2.24) is 0 Å². The molecule has 0 unspecified atom stereocenters. The van der Waals surface area contributed by atoms with E-state index in [9.17, 15) is 0 Å². The summed E-state index contributed by atoms with van der Waals surface area (Å²) >= 11 is 0. The largest absolute Gasteiger partial charge is 0.377 e. The number of rotatable bonds is 3. The summed E-state index contributed by atoms with van der Waals surface area (Å²) in [5, 5.41) is 18.1. The zero-order valence-electron chi connectivity index (χ0n) is 9.47. The summed E-state index contributed by atoms with van der Waals surface area (Å²) in [6, 6.07) is 13.7. The van der Waals surface area contributed by atoms with Gasteiger partial charge in [-0.3, -0.25) is 0 Å². The fraction of sp³-hybridized carbons (Fsp3) is 0.357. The first-order valence-electron chi connectivity index (χ1n) is 5.70. The van der Waals surface area contributed by atoms with Crippen LogP contribution in [0.25, 0.3) is 0 Å². The first kappa shape index (κ1) is 11.6. The minimum Gasteiger partial charge on any atom is -0.377 e. The Balaban J connectivity index is 2.31. The van der Waals surface area contributed by atoms with Gasteiger partial charge in [0.15, 0.2) is 5.92 Å². The molecule has 2 atom stereocenters. The molecule has 0 aliphatic carbocycles. The summed E-state index contributed by atoms with van der Waals surface area (Å²) in [7, 11) is 0. The van der Waals surface area contributed by atoms with E-state index in [1.54, 1.807) is 0 Å². The van der Waals surface area contributed by atoms with Crippen LogP contribution in [-0.4, -0.2) is 12.7 Å². The van der Waals surface area contributed by atoms with Gasteiger partial charge >= 0.3 is 0 Å².